The van der Waals surface area contributed by atoms with Gasteiger partial charge in [-0.1, -0.05) is 65.7 Å². The summed E-state index contributed by atoms with van der Waals surface area (Å²) in [4.78, 5) is 40.8. The molecule has 2 aliphatic rings. The van der Waals surface area contributed by atoms with Gasteiger partial charge in [-0.25, -0.2) is 14.6 Å². The number of benzene rings is 6. The van der Waals surface area contributed by atoms with Gasteiger partial charge in [0.2, 0.25) is 0 Å². The van der Waals surface area contributed by atoms with Gasteiger partial charge in [0, 0.05) is 34.4 Å². The van der Waals surface area contributed by atoms with Crippen LogP contribution in [0.15, 0.2) is 132 Å². The van der Waals surface area contributed by atoms with Crippen LogP contribution in [0.2, 0.25) is 10.0 Å². The molecule has 1 spiro atoms. The largest absolute Gasteiger partial charge is 0.494 e. The average Bonchev–Trinajstić information content (AvgIpc) is 3.44. The Kier molecular flexibility index (Phi) is 9.67. The van der Waals surface area contributed by atoms with E-state index in [0.717, 1.165) is 0 Å². The van der Waals surface area contributed by atoms with Crippen LogP contribution in [-0.4, -0.2) is 42.8 Å². The Morgan fingerprint density at radius 2 is 1.32 bits per heavy atom. The summed E-state index contributed by atoms with van der Waals surface area (Å²) in [7, 11) is 1.46. The van der Waals surface area contributed by atoms with Crippen LogP contribution in [0.4, 0.5) is 0 Å². The van der Waals surface area contributed by atoms with E-state index in [-0.39, 0.29) is 38.6 Å². The molecule has 0 radical (unpaired) electrons. The van der Waals surface area contributed by atoms with Crippen LogP contribution < -0.4 is 23.7 Å². The van der Waals surface area contributed by atoms with Crippen LogP contribution in [0.5, 0.6) is 34.5 Å². The molecule has 10 nitrogen and oxygen atoms in total. The standard InChI is InChI=1S/C44H30Cl2N2O8/c1-3-53-27-17-19-33-38(23-27)55-39-24-28(54-42(50)30-11-5-8-14-35(30)45)18-20-34(39)44(33)32-13-7-4-10-29(32)41(49)48(44)47-25-26-16-21-37(52-2)40(22-26)56-43(51)31-12-6-9-15-36(31)46/h4-25H,3H2,1-2H3/b47-25+. The number of carbonyl (C=O) groups is 3. The number of amides is 1. The summed E-state index contributed by atoms with van der Waals surface area (Å²) in [5, 5.41) is 6.76. The van der Waals surface area contributed by atoms with E-state index >= 15 is 0 Å². The molecule has 0 aliphatic carbocycles. The lowest BCUT2D eigenvalue weighted by molar-refractivity contribution is 0.0674. The fourth-order valence-corrected chi connectivity index (χ4v) is 7.35. The molecule has 0 saturated carbocycles. The molecule has 278 valence electrons. The number of hydrazone groups is 1. The van der Waals surface area contributed by atoms with E-state index < -0.39 is 17.5 Å². The summed E-state index contributed by atoms with van der Waals surface area (Å²) in [6.07, 6.45) is 1.50. The Morgan fingerprint density at radius 3 is 1.98 bits per heavy atom. The van der Waals surface area contributed by atoms with Gasteiger partial charge in [0.25, 0.3) is 5.91 Å². The van der Waals surface area contributed by atoms with E-state index in [0.29, 0.717) is 57.4 Å². The van der Waals surface area contributed by atoms with Crippen molar-refractivity contribution in [1.29, 1.82) is 0 Å². The molecule has 8 rings (SSSR count). The van der Waals surface area contributed by atoms with Crippen molar-refractivity contribution in [1.82, 2.24) is 5.01 Å². The highest BCUT2D eigenvalue weighted by Gasteiger charge is 2.57. The van der Waals surface area contributed by atoms with Gasteiger partial charge < -0.3 is 23.7 Å². The Labute approximate surface area is 331 Å². The second-order valence-electron chi connectivity index (χ2n) is 12.6. The van der Waals surface area contributed by atoms with Gasteiger partial charge in [-0.2, -0.15) is 5.10 Å². The molecule has 0 N–H and O–H groups in total. The zero-order valence-corrected chi connectivity index (χ0v) is 31.3. The molecule has 2 heterocycles. The first kappa shape index (κ1) is 36.4. The molecule has 1 unspecified atom stereocenters. The number of carbonyl (C=O) groups excluding carboxylic acids is 3. The Balaban J connectivity index is 1.24. The first-order valence-corrected chi connectivity index (χ1v) is 18.2. The molecule has 56 heavy (non-hydrogen) atoms. The van der Waals surface area contributed by atoms with Crippen molar-refractivity contribution in [2.24, 2.45) is 5.10 Å². The van der Waals surface area contributed by atoms with Crippen molar-refractivity contribution in [2.75, 3.05) is 13.7 Å². The van der Waals surface area contributed by atoms with E-state index in [4.69, 9.17) is 52.0 Å². The Hall–Kier alpha value is -6.62. The minimum Gasteiger partial charge on any atom is -0.494 e. The van der Waals surface area contributed by atoms with E-state index in [1.165, 1.54) is 18.3 Å². The Bertz CT molecular complexity index is 2590. The molecule has 1 atom stereocenters. The molecular weight excluding hydrogens is 755 g/mol. The van der Waals surface area contributed by atoms with Crippen molar-refractivity contribution in [3.63, 3.8) is 0 Å². The van der Waals surface area contributed by atoms with Crippen LogP contribution >= 0.6 is 23.2 Å². The number of methoxy groups -OCH3 is 1. The van der Waals surface area contributed by atoms with Crippen LogP contribution in [-0.2, 0) is 5.54 Å². The van der Waals surface area contributed by atoms with Gasteiger partial charge >= 0.3 is 11.9 Å². The van der Waals surface area contributed by atoms with Crippen LogP contribution in [0.3, 0.4) is 0 Å². The highest BCUT2D eigenvalue weighted by atomic mass is 35.5. The maximum absolute atomic E-state index is 14.5. The highest BCUT2D eigenvalue weighted by molar-refractivity contribution is 6.34. The molecule has 0 fully saturated rings. The maximum atomic E-state index is 14.5. The molecule has 6 aromatic carbocycles. The van der Waals surface area contributed by atoms with Crippen LogP contribution in [0.25, 0.3) is 0 Å². The molecule has 1 amide bonds. The van der Waals surface area contributed by atoms with Gasteiger partial charge in [0.15, 0.2) is 11.5 Å². The zero-order chi connectivity index (χ0) is 39.0. The second-order valence-corrected chi connectivity index (χ2v) is 13.4. The molecule has 0 saturated heterocycles. The van der Waals surface area contributed by atoms with Gasteiger partial charge in [-0.05, 0) is 85.3 Å². The minimum atomic E-state index is -1.35. The maximum Gasteiger partial charge on any atom is 0.345 e. The lowest BCUT2D eigenvalue weighted by atomic mass is 9.75. The topological polar surface area (TPSA) is 113 Å². The predicted molar refractivity (Wildman–Crippen MR) is 210 cm³/mol. The monoisotopic (exact) mass is 784 g/mol. The lowest BCUT2D eigenvalue weighted by Gasteiger charge is -2.41. The van der Waals surface area contributed by atoms with Gasteiger partial charge in [-0.15, -0.1) is 0 Å². The molecule has 2 aliphatic heterocycles. The zero-order valence-electron chi connectivity index (χ0n) is 29.8. The number of fused-ring (bicyclic) bond motifs is 6. The van der Waals surface area contributed by atoms with Crippen molar-refractivity contribution in [3.05, 3.63) is 176 Å². The fraction of sp³-hybridized carbons (Fsp3) is 0.0909. The summed E-state index contributed by atoms with van der Waals surface area (Å²) in [5.41, 5.74) is 1.79. The quantitative estimate of drug-likeness (QED) is 0.0809. The van der Waals surface area contributed by atoms with Crippen molar-refractivity contribution in [3.8, 4) is 34.5 Å². The summed E-state index contributed by atoms with van der Waals surface area (Å²) >= 11 is 12.5. The predicted octanol–water partition coefficient (Wildman–Crippen LogP) is 9.73. The van der Waals surface area contributed by atoms with E-state index in [2.05, 4.69) is 0 Å². The van der Waals surface area contributed by atoms with E-state index in [9.17, 15) is 14.4 Å². The third-order valence-electron chi connectivity index (χ3n) is 9.38. The number of hydrogen-bond donors (Lipinski definition) is 0. The lowest BCUT2D eigenvalue weighted by Crippen LogP contribution is -2.44. The summed E-state index contributed by atoms with van der Waals surface area (Å²) in [6.45, 7) is 2.29. The van der Waals surface area contributed by atoms with Crippen LogP contribution in [0.1, 0.15) is 60.3 Å². The van der Waals surface area contributed by atoms with E-state index in [1.54, 1.807) is 103 Å². The smallest absolute Gasteiger partial charge is 0.345 e. The first-order chi connectivity index (χ1) is 27.2. The van der Waals surface area contributed by atoms with Gasteiger partial charge in [-0.3, -0.25) is 4.79 Å². The molecule has 12 heteroatoms. The number of hydrogen-bond acceptors (Lipinski definition) is 9. The number of ether oxygens (including phenoxy) is 5. The number of rotatable bonds is 9. The molecule has 6 aromatic rings. The van der Waals surface area contributed by atoms with Gasteiger partial charge in [0.05, 0.1) is 41.1 Å². The third-order valence-corrected chi connectivity index (χ3v) is 10.0. The minimum absolute atomic E-state index is 0.121. The fourth-order valence-electron chi connectivity index (χ4n) is 6.93. The number of esters is 2. The second kappa shape index (κ2) is 14.9. The third kappa shape index (κ3) is 6.28. The SMILES string of the molecule is CCOc1ccc2c(c1)Oc1cc(OC(=O)c3ccccc3Cl)ccc1C21c2ccccc2C(=O)N1/N=C/c1ccc(OC)c(OC(=O)c2ccccc2Cl)c1. The normalized spacial score (nSPS) is 15.1. The summed E-state index contributed by atoms with van der Waals surface area (Å²) in [6, 6.07) is 35.7. The number of nitrogens with zero attached hydrogens (tertiary/aromatic N) is 2. The molecule has 0 aromatic heterocycles. The average molecular weight is 786 g/mol. The van der Waals surface area contributed by atoms with Crippen molar-refractivity contribution < 1.29 is 38.1 Å². The van der Waals surface area contributed by atoms with Gasteiger partial charge in [0.1, 0.15) is 28.5 Å². The first-order valence-electron chi connectivity index (χ1n) is 17.4. The summed E-state index contributed by atoms with van der Waals surface area (Å²) < 4.78 is 29.4. The molecule has 0 bridgehead atoms. The van der Waals surface area contributed by atoms with Crippen molar-refractivity contribution >= 4 is 47.3 Å². The molecular formula is C44H30Cl2N2O8. The Morgan fingerprint density at radius 1 is 0.714 bits per heavy atom. The van der Waals surface area contributed by atoms with Crippen molar-refractivity contribution in [2.45, 2.75) is 12.5 Å². The van der Waals surface area contributed by atoms with Crippen LogP contribution in [0, 0.1) is 0 Å². The number of halogens is 2. The highest BCUT2D eigenvalue weighted by Crippen LogP contribution is 2.58. The summed E-state index contributed by atoms with van der Waals surface area (Å²) in [5.74, 6) is 0.185. The van der Waals surface area contributed by atoms with E-state index in [1.807, 2.05) is 31.2 Å².